The van der Waals surface area contributed by atoms with E-state index in [2.05, 4.69) is 12.2 Å². The van der Waals surface area contributed by atoms with Gasteiger partial charge in [-0.15, -0.1) is 0 Å². The van der Waals surface area contributed by atoms with E-state index in [0.717, 1.165) is 18.4 Å². The summed E-state index contributed by atoms with van der Waals surface area (Å²) >= 11 is 0. The summed E-state index contributed by atoms with van der Waals surface area (Å²) in [5.74, 6) is -0.544. The molecular weight excluding hydrogens is 542 g/mol. The molecule has 43 heavy (non-hydrogen) atoms. The summed E-state index contributed by atoms with van der Waals surface area (Å²) in [6.45, 7) is 10.6. The van der Waals surface area contributed by atoms with Crippen molar-refractivity contribution < 1.29 is 28.5 Å². The van der Waals surface area contributed by atoms with Gasteiger partial charge >= 0.3 is 12.1 Å². The third kappa shape index (κ3) is 24.0. The van der Waals surface area contributed by atoms with Crippen LogP contribution in [0.25, 0.3) is 0 Å². The summed E-state index contributed by atoms with van der Waals surface area (Å²) in [5.41, 5.74) is 0.394. The zero-order chi connectivity index (χ0) is 31.6. The van der Waals surface area contributed by atoms with Gasteiger partial charge in [0.15, 0.2) is 0 Å². The van der Waals surface area contributed by atoms with Crippen molar-refractivity contribution >= 4 is 12.1 Å². The van der Waals surface area contributed by atoms with Crippen LogP contribution in [0.15, 0.2) is 30.3 Å². The van der Waals surface area contributed by atoms with Crippen LogP contribution in [-0.4, -0.2) is 49.6 Å². The second-order valence-electron chi connectivity index (χ2n) is 12.8. The maximum atomic E-state index is 12.5. The zero-order valence-corrected chi connectivity index (χ0v) is 28.1. The number of alkyl carbamates (subject to hydrolysis) is 1. The van der Waals surface area contributed by atoms with E-state index in [0.29, 0.717) is 19.8 Å². The maximum Gasteiger partial charge on any atom is 0.408 e. The molecule has 1 aromatic carbocycles. The molecular formula is C36H63NO6. The number of carbonyl (C=O) groups excluding carboxylic acids is 2. The van der Waals surface area contributed by atoms with E-state index in [9.17, 15) is 9.59 Å². The lowest BCUT2D eigenvalue weighted by molar-refractivity contribution is -0.152. The molecule has 0 aliphatic rings. The van der Waals surface area contributed by atoms with E-state index in [1.165, 1.54) is 89.9 Å². The average Bonchev–Trinajstić information content (AvgIpc) is 2.96. The Morgan fingerprint density at radius 2 is 1.26 bits per heavy atom. The van der Waals surface area contributed by atoms with Crippen LogP contribution in [0.1, 0.15) is 143 Å². The van der Waals surface area contributed by atoms with Crippen LogP contribution in [-0.2, 0) is 30.3 Å². The second-order valence-corrected chi connectivity index (χ2v) is 12.8. The Labute approximate surface area is 263 Å². The first-order chi connectivity index (χ1) is 20.7. The molecule has 0 aromatic heterocycles. The summed E-state index contributed by atoms with van der Waals surface area (Å²) in [4.78, 5) is 24.5. The standard InChI is InChI=1S/C36H63NO6/c1-6-7-8-9-10-11-12-13-14-15-16-17-18-19-20-24-27-40-29-33(41-28-32-25-22-21-23-26-32)30-42-34(38)31(2)37-35(39)43-36(3,4)5/h21-23,25-26,31,33H,6-20,24,27-30H2,1-5H3,(H,37,39)/t31?,33-/m1/s1. The molecule has 0 saturated heterocycles. The molecule has 7 heteroatoms. The van der Waals surface area contributed by atoms with E-state index in [1.54, 1.807) is 27.7 Å². The van der Waals surface area contributed by atoms with Crippen LogP contribution in [0.3, 0.4) is 0 Å². The number of unbranched alkanes of at least 4 members (excludes halogenated alkanes) is 15. The van der Waals surface area contributed by atoms with Gasteiger partial charge in [-0.25, -0.2) is 9.59 Å². The molecule has 1 rings (SSSR count). The van der Waals surface area contributed by atoms with Crippen LogP contribution in [0, 0.1) is 0 Å². The van der Waals surface area contributed by atoms with Crippen molar-refractivity contribution in [3.8, 4) is 0 Å². The molecule has 0 heterocycles. The quantitative estimate of drug-likeness (QED) is 0.0837. The molecule has 0 bridgehead atoms. The van der Waals surface area contributed by atoms with Gasteiger partial charge in [-0.2, -0.15) is 0 Å². The molecule has 2 atom stereocenters. The van der Waals surface area contributed by atoms with Gasteiger partial charge in [-0.1, -0.05) is 134 Å². The minimum absolute atomic E-state index is 0.0466. The van der Waals surface area contributed by atoms with Crippen LogP contribution < -0.4 is 5.32 Å². The monoisotopic (exact) mass is 605 g/mol. The number of amides is 1. The lowest BCUT2D eigenvalue weighted by Gasteiger charge is -2.22. The van der Waals surface area contributed by atoms with Gasteiger partial charge in [-0.05, 0) is 39.7 Å². The van der Waals surface area contributed by atoms with Gasteiger partial charge in [0.2, 0.25) is 0 Å². The third-order valence-electron chi connectivity index (χ3n) is 7.27. The number of nitrogens with one attached hydrogen (secondary N) is 1. The molecule has 1 unspecified atom stereocenters. The molecule has 7 nitrogen and oxygen atoms in total. The lowest BCUT2D eigenvalue weighted by Crippen LogP contribution is -2.43. The van der Waals surface area contributed by atoms with Crippen molar-refractivity contribution in [3.05, 3.63) is 35.9 Å². The first kappa shape index (κ1) is 38.9. The Morgan fingerprint density at radius 3 is 1.77 bits per heavy atom. The molecule has 0 radical (unpaired) electrons. The van der Waals surface area contributed by atoms with Crippen molar-refractivity contribution in [2.24, 2.45) is 0 Å². The number of carbonyl (C=O) groups is 2. The van der Waals surface area contributed by atoms with Crippen molar-refractivity contribution in [2.45, 2.75) is 162 Å². The highest BCUT2D eigenvalue weighted by Crippen LogP contribution is 2.14. The van der Waals surface area contributed by atoms with Gasteiger partial charge < -0.3 is 24.3 Å². The highest BCUT2D eigenvalue weighted by Gasteiger charge is 2.23. The van der Waals surface area contributed by atoms with Gasteiger partial charge in [0.1, 0.15) is 24.4 Å². The predicted octanol–water partition coefficient (Wildman–Crippen LogP) is 9.31. The summed E-state index contributed by atoms with van der Waals surface area (Å²) in [7, 11) is 0. The van der Waals surface area contributed by atoms with Crippen LogP contribution >= 0.6 is 0 Å². The Kier molecular flexibility index (Phi) is 22.8. The van der Waals surface area contributed by atoms with Crippen LogP contribution in [0.5, 0.6) is 0 Å². The topological polar surface area (TPSA) is 83.1 Å². The largest absolute Gasteiger partial charge is 0.461 e. The molecule has 0 aliphatic heterocycles. The Morgan fingerprint density at radius 1 is 0.744 bits per heavy atom. The Balaban J connectivity index is 2.18. The number of esters is 1. The van der Waals surface area contributed by atoms with Crippen LogP contribution in [0.4, 0.5) is 4.79 Å². The highest BCUT2D eigenvalue weighted by atomic mass is 16.6. The number of benzene rings is 1. The first-order valence-electron chi connectivity index (χ1n) is 17.1. The number of rotatable bonds is 26. The van der Waals surface area contributed by atoms with Gasteiger partial charge in [0.25, 0.3) is 0 Å². The van der Waals surface area contributed by atoms with Crippen LogP contribution in [0.2, 0.25) is 0 Å². The fourth-order valence-electron chi connectivity index (χ4n) is 4.74. The first-order valence-corrected chi connectivity index (χ1v) is 17.1. The Hall–Kier alpha value is -2.12. The smallest absolute Gasteiger partial charge is 0.408 e. The van der Waals surface area contributed by atoms with E-state index in [4.69, 9.17) is 18.9 Å². The molecule has 0 saturated carbocycles. The zero-order valence-electron chi connectivity index (χ0n) is 28.1. The molecule has 0 fully saturated rings. The third-order valence-corrected chi connectivity index (χ3v) is 7.27. The van der Waals surface area contributed by atoms with Gasteiger partial charge in [0, 0.05) is 6.61 Å². The fourth-order valence-corrected chi connectivity index (χ4v) is 4.74. The molecule has 248 valence electrons. The molecule has 0 aliphatic carbocycles. The highest BCUT2D eigenvalue weighted by molar-refractivity contribution is 5.81. The van der Waals surface area contributed by atoms with Gasteiger partial charge in [-0.3, -0.25) is 0 Å². The maximum absolute atomic E-state index is 12.5. The van der Waals surface area contributed by atoms with E-state index < -0.39 is 29.8 Å². The normalized spacial score (nSPS) is 13.0. The number of hydrogen-bond donors (Lipinski definition) is 1. The Bertz CT molecular complexity index is 810. The number of ether oxygens (including phenoxy) is 4. The molecule has 1 amide bonds. The van der Waals surface area contributed by atoms with Crippen molar-refractivity contribution in [3.63, 3.8) is 0 Å². The molecule has 0 spiro atoms. The molecule has 1 aromatic rings. The van der Waals surface area contributed by atoms with E-state index in [1.807, 2.05) is 30.3 Å². The van der Waals surface area contributed by atoms with Crippen molar-refractivity contribution in [2.75, 3.05) is 19.8 Å². The van der Waals surface area contributed by atoms with Crippen molar-refractivity contribution in [1.29, 1.82) is 0 Å². The van der Waals surface area contributed by atoms with Gasteiger partial charge in [0.05, 0.1) is 13.2 Å². The minimum atomic E-state index is -0.837. The average molecular weight is 606 g/mol. The summed E-state index contributed by atoms with van der Waals surface area (Å²) < 4.78 is 22.6. The SMILES string of the molecule is CCCCCCCCCCCCCCCCCCOC[C@H](COC(=O)C(C)NC(=O)OC(C)(C)C)OCc1ccccc1. The summed E-state index contributed by atoms with van der Waals surface area (Å²) in [6.07, 6.45) is 20.4. The van der Waals surface area contributed by atoms with E-state index >= 15 is 0 Å². The van der Waals surface area contributed by atoms with Crippen molar-refractivity contribution in [1.82, 2.24) is 5.32 Å². The summed E-state index contributed by atoms with van der Waals surface area (Å²) in [5, 5.41) is 2.51. The lowest BCUT2D eigenvalue weighted by atomic mass is 10.0. The minimum Gasteiger partial charge on any atom is -0.461 e. The second kappa shape index (κ2) is 25.2. The summed E-state index contributed by atoms with van der Waals surface area (Å²) in [6, 6.07) is 9.04. The number of hydrogen-bond acceptors (Lipinski definition) is 6. The fraction of sp³-hybridized carbons (Fsp3) is 0.778. The van der Waals surface area contributed by atoms with E-state index in [-0.39, 0.29) is 6.61 Å². The predicted molar refractivity (Wildman–Crippen MR) is 175 cm³/mol. The molecule has 1 N–H and O–H groups in total.